The summed E-state index contributed by atoms with van der Waals surface area (Å²) in [5.74, 6) is 0.817. The average Bonchev–Trinajstić information content (AvgIpc) is 3.52. The summed E-state index contributed by atoms with van der Waals surface area (Å²) in [4.78, 5) is 19.0. The minimum absolute atomic E-state index is 0.150. The van der Waals surface area contributed by atoms with Crippen LogP contribution < -0.4 is 10.4 Å². The molecule has 0 atom stereocenters. The maximum absolute atomic E-state index is 13.4. The molecule has 0 N–H and O–H groups in total. The van der Waals surface area contributed by atoms with Crippen LogP contribution in [0.5, 0.6) is 0 Å². The van der Waals surface area contributed by atoms with Crippen LogP contribution in [-0.2, 0) is 13.6 Å². The predicted molar refractivity (Wildman–Crippen MR) is 134 cm³/mol. The van der Waals surface area contributed by atoms with Gasteiger partial charge in [0.1, 0.15) is 5.76 Å². The first-order chi connectivity index (χ1) is 16.0. The van der Waals surface area contributed by atoms with Gasteiger partial charge >= 0.3 is 0 Å². The third-order valence-electron chi connectivity index (χ3n) is 5.54. The Balaban J connectivity index is 1.70. The molecule has 166 valence electrons. The van der Waals surface area contributed by atoms with Gasteiger partial charge in [0.25, 0.3) is 5.56 Å². The van der Waals surface area contributed by atoms with E-state index in [9.17, 15) is 4.79 Å². The monoisotopic (exact) mass is 520 g/mol. The first kappa shape index (κ1) is 21.5. The lowest BCUT2D eigenvalue weighted by Gasteiger charge is -2.08. The summed E-state index contributed by atoms with van der Waals surface area (Å²) in [5, 5.41) is 2.07. The second kappa shape index (κ2) is 8.88. The van der Waals surface area contributed by atoms with Gasteiger partial charge in [-0.3, -0.25) is 9.48 Å². The maximum Gasteiger partial charge on any atom is 0.297 e. The van der Waals surface area contributed by atoms with Gasteiger partial charge in [0, 0.05) is 22.5 Å². The van der Waals surface area contributed by atoms with Crippen LogP contribution in [0.4, 0.5) is 5.69 Å². The Morgan fingerprint density at radius 2 is 1.88 bits per heavy atom. The van der Waals surface area contributed by atoms with E-state index in [-0.39, 0.29) is 5.56 Å². The van der Waals surface area contributed by atoms with E-state index in [2.05, 4.69) is 38.0 Å². The quantitative estimate of drug-likeness (QED) is 0.300. The number of aromatic nitrogens is 3. The molecule has 0 spiro atoms. The minimum Gasteiger partial charge on any atom is -0.467 e. The fourth-order valence-corrected chi connectivity index (χ4v) is 5.10. The molecule has 6 nitrogen and oxygen atoms in total. The molecule has 5 rings (SSSR count). The number of benzene rings is 2. The number of rotatable bonds is 5. The van der Waals surface area contributed by atoms with Crippen LogP contribution in [0, 0.1) is 6.92 Å². The molecule has 3 heterocycles. The Morgan fingerprint density at radius 3 is 2.61 bits per heavy atom. The normalized spacial score (nSPS) is 11.9. The molecule has 0 fully saturated rings. The summed E-state index contributed by atoms with van der Waals surface area (Å²) < 4.78 is 12.2. The third-order valence-corrected chi connectivity index (χ3v) is 6.90. The number of furan rings is 1. The Labute approximate surface area is 202 Å². The first-order valence-electron chi connectivity index (χ1n) is 10.4. The summed E-state index contributed by atoms with van der Waals surface area (Å²) in [6.07, 6.45) is 1.66. The molecule has 0 saturated carbocycles. The van der Waals surface area contributed by atoms with Crippen LogP contribution in [-0.4, -0.2) is 13.9 Å². The van der Waals surface area contributed by atoms with Crippen LogP contribution in [0.2, 0.25) is 0 Å². The molecular formula is C25H21BrN4O2S. The van der Waals surface area contributed by atoms with E-state index >= 15 is 0 Å². The number of halogens is 1. The minimum atomic E-state index is -0.150. The Hall–Kier alpha value is -3.36. The van der Waals surface area contributed by atoms with Crippen molar-refractivity contribution in [1.29, 1.82) is 0 Å². The molecule has 2 aromatic carbocycles. The maximum atomic E-state index is 13.4. The van der Waals surface area contributed by atoms with E-state index < -0.39 is 0 Å². The highest BCUT2D eigenvalue weighted by Crippen LogP contribution is 2.25. The zero-order valence-corrected chi connectivity index (χ0v) is 20.5. The topological polar surface area (TPSA) is 57.4 Å². The highest BCUT2D eigenvalue weighted by Gasteiger charge is 2.17. The molecule has 33 heavy (non-hydrogen) atoms. The van der Waals surface area contributed by atoms with Crippen molar-refractivity contribution < 1.29 is 4.42 Å². The largest absolute Gasteiger partial charge is 0.467 e. The lowest BCUT2D eigenvalue weighted by atomic mass is 10.2. The van der Waals surface area contributed by atoms with Gasteiger partial charge in [-0.2, -0.15) is 0 Å². The van der Waals surface area contributed by atoms with Crippen LogP contribution in [0.1, 0.15) is 11.5 Å². The third kappa shape index (κ3) is 4.07. The molecule has 3 aromatic heterocycles. The SMILES string of the molecule is Cc1c(N=c2scc(-c3cccc(Br)c3)n2Cc2ccco2)c(=O)n(-c2ccccc2)n1C. The van der Waals surface area contributed by atoms with Crippen LogP contribution in [0.3, 0.4) is 0 Å². The number of hydrogen-bond acceptors (Lipinski definition) is 4. The predicted octanol–water partition coefficient (Wildman–Crippen LogP) is 5.65. The second-order valence-corrected chi connectivity index (χ2v) is 9.35. The standard InChI is InChI=1S/C25H21BrN4O2S/c1-17-23(24(31)30(28(17)2)20-10-4-3-5-11-20)27-25-29(15-21-12-7-13-32-21)22(16-33-25)18-8-6-9-19(26)14-18/h3-14,16H,15H2,1-2H3. The average molecular weight is 521 g/mol. The van der Waals surface area contributed by atoms with Gasteiger partial charge in [0.2, 0.25) is 0 Å². The molecule has 0 radical (unpaired) electrons. The van der Waals surface area contributed by atoms with Crippen molar-refractivity contribution in [2.24, 2.45) is 12.0 Å². The smallest absolute Gasteiger partial charge is 0.297 e. The van der Waals surface area contributed by atoms with Crippen LogP contribution in [0.15, 0.2) is 97.1 Å². The number of nitrogens with zero attached hydrogens (tertiary/aromatic N) is 4. The van der Waals surface area contributed by atoms with Crippen molar-refractivity contribution >= 4 is 33.0 Å². The molecule has 0 saturated heterocycles. The van der Waals surface area contributed by atoms with Crippen molar-refractivity contribution in [2.45, 2.75) is 13.5 Å². The summed E-state index contributed by atoms with van der Waals surface area (Å²) >= 11 is 5.07. The van der Waals surface area contributed by atoms with Crippen molar-refractivity contribution in [2.75, 3.05) is 0 Å². The van der Waals surface area contributed by atoms with Gasteiger partial charge in [0.15, 0.2) is 10.5 Å². The molecule has 5 aromatic rings. The van der Waals surface area contributed by atoms with Crippen molar-refractivity contribution in [3.63, 3.8) is 0 Å². The van der Waals surface area contributed by atoms with Crippen molar-refractivity contribution in [3.05, 3.63) is 109 Å². The fraction of sp³-hybridized carbons (Fsp3) is 0.120. The summed E-state index contributed by atoms with van der Waals surface area (Å²) in [6, 6.07) is 21.5. The van der Waals surface area contributed by atoms with Crippen LogP contribution in [0.25, 0.3) is 16.9 Å². The fourth-order valence-electron chi connectivity index (χ4n) is 3.79. The van der Waals surface area contributed by atoms with E-state index in [0.29, 0.717) is 12.2 Å². The van der Waals surface area contributed by atoms with Gasteiger partial charge in [-0.05, 0) is 43.3 Å². The number of hydrogen-bond donors (Lipinski definition) is 0. The molecular weight excluding hydrogens is 500 g/mol. The van der Waals surface area contributed by atoms with Gasteiger partial charge in [0.05, 0.1) is 29.9 Å². The van der Waals surface area contributed by atoms with Gasteiger partial charge in [-0.25, -0.2) is 9.67 Å². The summed E-state index contributed by atoms with van der Waals surface area (Å²) in [6.45, 7) is 2.43. The lowest BCUT2D eigenvalue weighted by Crippen LogP contribution is -2.20. The first-order valence-corrected chi connectivity index (χ1v) is 12.1. The zero-order chi connectivity index (χ0) is 22.9. The second-order valence-electron chi connectivity index (χ2n) is 7.60. The highest BCUT2D eigenvalue weighted by atomic mass is 79.9. The molecule has 8 heteroatoms. The van der Waals surface area contributed by atoms with E-state index in [1.54, 1.807) is 10.9 Å². The number of thiazole rings is 1. The Kier molecular flexibility index (Phi) is 5.78. The Bertz CT molecular complexity index is 1540. The molecule has 0 bridgehead atoms. The van der Waals surface area contributed by atoms with Crippen LogP contribution >= 0.6 is 27.3 Å². The molecule has 0 aliphatic heterocycles. The molecule has 0 aliphatic carbocycles. The molecule has 0 amide bonds. The van der Waals surface area contributed by atoms with Gasteiger partial charge in [-0.1, -0.05) is 46.3 Å². The van der Waals surface area contributed by atoms with E-state index in [0.717, 1.165) is 37.7 Å². The zero-order valence-electron chi connectivity index (χ0n) is 18.1. The summed E-state index contributed by atoms with van der Waals surface area (Å²) in [5.41, 5.74) is 3.94. The molecule has 0 unspecified atom stereocenters. The van der Waals surface area contributed by atoms with Gasteiger partial charge in [-0.15, -0.1) is 11.3 Å². The van der Waals surface area contributed by atoms with E-state index in [1.165, 1.54) is 11.3 Å². The van der Waals surface area contributed by atoms with E-state index in [1.807, 2.05) is 73.3 Å². The summed E-state index contributed by atoms with van der Waals surface area (Å²) in [7, 11) is 1.88. The van der Waals surface area contributed by atoms with Crippen molar-refractivity contribution in [1.82, 2.24) is 13.9 Å². The number of para-hydroxylation sites is 1. The highest BCUT2D eigenvalue weighted by molar-refractivity contribution is 9.10. The molecule has 0 aliphatic rings. The van der Waals surface area contributed by atoms with Crippen molar-refractivity contribution in [3.8, 4) is 16.9 Å². The van der Waals surface area contributed by atoms with Gasteiger partial charge < -0.3 is 8.98 Å². The lowest BCUT2D eigenvalue weighted by molar-refractivity contribution is 0.492. The van der Waals surface area contributed by atoms with E-state index in [4.69, 9.17) is 9.41 Å². The Morgan fingerprint density at radius 1 is 1.06 bits per heavy atom.